The molecule has 0 unspecified atom stereocenters. The van der Waals surface area contributed by atoms with E-state index in [4.69, 9.17) is 4.74 Å². The van der Waals surface area contributed by atoms with Gasteiger partial charge in [0.05, 0.1) is 12.7 Å². The maximum Gasteiger partial charge on any atom is 0.242 e. The van der Waals surface area contributed by atoms with Crippen molar-refractivity contribution in [2.24, 2.45) is 0 Å². The van der Waals surface area contributed by atoms with Gasteiger partial charge in [0.15, 0.2) is 0 Å². The summed E-state index contributed by atoms with van der Waals surface area (Å²) < 4.78 is 8.16. The average Bonchev–Trinajstić information content (AvgIpc) is 3.03. The first kappa shape index (κ1) is 17.8. The van der Waals surface area contributed by atoms with Crippen LogP contribution in [0.25, 0.3) is 10.9 Å². The standard InChI is InChI=1S/C23H26N2O2/c1-18-15-20-9-5-6-10-22(20)25(18)16-23(26)24-13-11-21(12-14-24)27-17-19-7-3-2-4-8-19/h2-10,15,21H,11-14,16-17H2,1H3. The molecule has 2 aromatic carbocycles. The molecule has 4 rings (SSSR count). The van der Waals surface area contributed by atoms with Gasteiger partial charge in [-0.15, -0.1) is 0 Å². The predicted molar refractivity (Wildman–Crippen MR) is 108 cm³/mol. The van der Waals surface area contributed by atoms with Crippen molar-refractivity contribution >= 4 is 16.8 Å². The molecule has 1 aliphatic rings. The number of benzene rings is 2. The number of nitrogens with zero attached hydrogens (tertiary/aromatic N) is 2. The number of aryl methyl sites for hydroxylation is 1. The van der Waals surface area contributed by atoms with Gasteiger partial charge in [0.25, 0.3) is 0 Å². The van der Waals surface area contributed by atoms with Crippen LogP contribution in [0, 0.1) is 6.92 Å². The molecule has 1 amide bonds. The van der Waals surface area contributed by atoms with Crippen LogP contribution in [0.1, 0.15) is 24.1 Å². The normalized spacial score (nSPS) is 15.4. The highest BCUT2D eigenvalue weighted by atomic mass is 16.5. The predicted octanol–water partition coefficient (Wildman–Crippen LogP) is 4.16. The number of hydrogen-bond donors (Lipinski definition) is 0. The summed E-state index contributed by atoms with van der Waals surface area (Å²) >= 11 is 0. The highest BCUT2D eigenvalue weighted by molar-refractivity contribution is 5.84. The maximum atomic E-state index is 12.8. The lowest BCUT2D eigenvalue weighted by molar-refractivity contribution is -0.134. The Hall–Kier alpha value is -2.59. The van der Waals surface area contributed by atoms with E-state index >= 15 is 0 Å². The molecule has 0 bridgehead atoms. The van der Waals surface area contributed by atoms with Crippen molar-refractivity contribution in [1.29, 1.82) is 0 Å². The molecule has 0 N–H and O–H groups in total. The minimum absolute atomic E-state index is 0.195. The Kier molecular flexibility index (Phi) is 5.26. The Labute approximate surface area is 160 Å². The van der Waals surface area contributed by atoms with Crippen LogP contribution in [-0.4, -0.2) is 34.6 Å². The molecule has 2 heterocycles. The second-order valence-corrected chi connectivity index (χ2v) is 7.31. The van der Waals surface area contributed by atoms with Crippen LogP contribution in [0.15, 0.2) is 60.7 Å². The van der Waals surface area contributed by atoms with Gasteiger partial charge in [-0.1, -0.05) is 48.5 Å². The number of aromatic nitrogens is 1. The first-order valence-corrected chi connectivity index (χ1v) is 9.69. The molecule has 0 saturated carbocycles. The second kappa shape index (κ2) is 7.97. The third-order valence-corrected chi connectivity index (χ3v) is 5.43. The maximum absolute atomic E-state index is 12.8. The van der Waals surface area contributed by atoms with Crippen molar-refractivity contribution in [2.75, 3.05) is 13.1 Å². The van der Waals surface area contributed by atoms with Crippen molar-refractivity contribution < 1.29 is 9.53 Å². The number of carbonyl (C=O) groups excluding carboxylic acids is 1. The number of para-hydroxylation sites is 1. The SMILES string of the molecule is Cc1cc2ccccc2n1CC(=O)N1CCC(OCc2ccccc2)CC1. The van der Waals surface area contributed by atoms with E-state index in [1.165, 1.54) is 10.9 Å². The van der Waals surface area contributed by atoms with E-state index < -0.39 is 0 Å². The smallest absolute Gasteiger partial charge is 0.242 e. The summed E-state index contributed by atoms with van der Waals surface area (Å²) in [7, 11) is 0. The van der Waals surface area contributed by atoms with E-state index in [0.29, 0.717) is 13.2 Å². The number of amides is 1. The van der Waals surface area contributed by atoms with Gasteiger partial charge in [-0.3, -0.25) is 4.79 Å². The van der Waals surface area contributed by atoms with Crippen LogP contribution in [0.5, 0.6) is 0 Å². The van der Waals surface area contributed by atoms with Gasteiger partial charge >= 0.3 is 0 Å². The first-order chi connectivity index (χ1) is 13.2. The van der Waals surface area contributed by atoms with Crippen molar-refractivity contribution in [2.45, 2.75) is 39.0 Å². The topological polar surface area (TPSA) is 34.5 Å². The minimum atomic E-state index is 0.195. The molecular weight excluding hydrogens is 336 g/mol. The van der Waals surface area contributed by atoms with Crippen LogP contribution in [0.3, 0.4) is 0 Å². The van der Waals surface area contributed by atoms with Gasteiger partial charge in [0, 0.05) is 24.3 Å². The molecule has 27 heavy (non-hydrogen) atoms. The third-order valence-electron chi connectivity index (χ3n) is 5.43. The van der Waals surface area contributed by atoms with Crippen LogP contribution < -0.4 is 0 Å². The fourth-order valence-corrected chi connectivity index (χ4v) is 3.85. The van der Waals surface area contributed by atoms with E-state index in [1.807, 2.05) is 35.2 Å². The van der Waals surface area contributed by atoms with Crippen LogP contribution in [0.4, 0.5) is 0 Å². The van der Waals surface area contributed by atoms with E-state index in [2.05, 4.69) is 41.8 Å². The van der Waals surface area contributed by atoms with Gasteiger partial charge in [0.1, 0.15) is 6.54 Å². The fraction of sp³-hybridized carbons (Fsp3) is 0.348. The summed E-state index contributed by atoms with van der Waals surface area (Å²) in [6.07, 6.45) is 2.05. The third kappa shape index (κ3) is 4.06. The molecule has 0 aliphatic carbocycles. The number of likely N-dealkylation sites (tertiary alicyclic amines) is 1. The van der Waals surface area contributed by atoms with Gasteiger partial charge < -0.3 is 14.2 Å². The van der Waals surface area contributed by atoms with Gasteiger partial charge in [-0.2, -0.15) is 0 Å². The molecule has 140 valence electrons. The van der Waals surface area contributed by atoms with E-state index in [-0.39, 0.29) is 12.0 Å². The monoisotopic (exact) mass is 362 g/mol. The largest absolute Gasteiger partial charge is 0.373 e. The van der Waals surface area contributed by atoms with Crippen LogP contribution in [0.2, 0.25) is 0 Å². The van der Waals surface area contributed by atoms with E-state index in [9.17, 15) is 4.79 Å². The summed E-state index contributed by atoms with van der Waals surface area (Å²) in [6, 6.07) is 20.6. The lowest BCUT2D eigenvalue weighted by atomic mass is 10.1. The summed E-state index contributed by atoms with van der Waals surface area (Å²) in [6.45, 7) is 4.67. The van der Waals surface area contributed by atoms with Crippen LogP contribution >= 0.6 is 0 Å². The fourth-order valence-electron chi connectivity index (χ4n) is 3.85. The average molecular weight is 362 g/mol. The Morgan fingerprint density at radius 3 is 2.52 bits per heavy atom. The zero-order chi connectivity index (χ0) is 18.6. The Bertz CT molecular complexity index is 909. The number of hydrogen-bond acceptors (Lipinski definition) is 2. The Balaban J connectivity index is 1.31. The van der Waals surface area contributed by atoms with Crippen molar-refractivity contribution in [3.05, 3.63) is 71.9 Å². The van der Waals surface area contributed by atoms with Gasteiger partial charge in [0.2, 0.25) is 5.91 Å². The first-order valence-electron chi connectivity index (χ1n) is 9.69. The lowest BCUT2D eigenvalue weighted by Gasteiger charge is -2.32. The molecule has 1 aromatic heterocycles. The molecule has 4 nitrogen and oxygen atoms in total. The van der Waals surface area contributed by atoms with Crippen LogP contribution in [-0.2, 0) is 22.7 Å². The number of ether oxygens (including phenoxy) is 1. The molecule has 3 aromatic rings. The highest BCUT2D eigenvalue weighted by Gasteiger charge is 2.24. The molecule has 0 spiro atoms. The summed E-state index contributed by atoms with van der Waals surface area (Å²) in [4.78, 5) is 14.8. The van der Waals surface area contributed by atoms with Crippen molar-refractivity contribution in [3.8, 4) is 0 Å². The number of fused-ring (bicyclic) bond motifs is 1. The molecule has 4 heteroatoms. The number of rotatable bonds is 5. The molecule has 1 fully saturated rings. The molecule has 0 radical (unpaired) electrons. The minimum Gasteiger partial charge on any atom is -0.373 e. The van der Waals surface area contributed by atoms with Crippen molar-refractivity contribution in [3.63, 3.8) is 0 Å². The lowest BCUT2D eigenvalue weighted by Crippen LogP contribution is -2.42. The summed E-state index contributed by atoms with van der Waals surface area (Å²) in [5.74, 6) is 0.195. The summed E-state index contributed by atoms with van der Waals surface area (Å²) in [5, 5.41) is 1.19. The molecule has 0 atom stereocenters. The molecule has 1 saturated heterocycles. The quantitative estimate of drug-likeness (QED) is 0.683. The van der Waals surface area contributed by atoms with Crippen molar-refractivity contribution in [1.82, 2.24) is 9.47 Å². The van der Waals surface area contributed by atoms with E-state index in [0.717, 1.165) is 37.1 Å². The Morgan fingerprint density at radius 1 is 1.04 bits per heavy atom. The number of carbonyl (C=O) groups is 1. The highest BCUT2D eigenvalue weighted by Crippen LogP contribution is 2.21. The summed E-state index contributed by atoms with van der Waals surface area (Å²) in [5.41, 5.74) is 3.46. The van der Waals surface area contributed by atoms with E-state index in [1.54, 1.807) is 0 Å². The zero-order valence-electron chi connectivity index (χ0n) is 15.8. The second-order valence-electron chi connectivity index (χ2n) is 7.31. The van der Waals surface area contributed by atoms with Gasteiger partial charge in [-0.25, -0.2) is 0 Å². The van der Waals surface area contributed by atoms with Gasteiger partial charge in [-0.05, 0) is 42.8 Å². The molecule has 1 aliphatic heterocycles. The molecular formula is C23H26N2O2. The number of piperidine rings is 1. The Morgan fingerprint density at radius 2 is 1.74 bits per heavy atom. The zero-order valence-corrected chi connectivity index (χ0v) is 15.8.